The quantitative estimate of drug-likeness (QED) is 0.720. The molecule has 1 atom stereocenters. The summed E-state index contributed by atoms with van der Waals surface area (Å²) in [5.74, 6) is 0.189. The van der Waals surface area contributed by atoms with Crippen molar-refractivity contribution in [2.45, 2.75) is 12.5 Å². The average molecular weight is 406 g/mol. The number of aromatic nitrogens is 2. The molecule has 0 saturated carbocycles. The van der Waals surface area contributed by atoms with E-state index in [1.54, 1.807) is 47.1 Å². The Morgan fingerprint density at radius 3 is 2.67 bits per heavy atom. The topological polar surface area (TPSA) is 94.2 Å². The minimum atomic E-state index is -3.08. The highest BCUT2D eigenvalue weighted by molar-refractivity contribution is 7.91. The second-order valence-corrected chi connectivity index (χ2v) is 9.02. The van der Waals surface area contributed by atoms with Gasteiger partial charge in [-0.15, -0.1) is 0 Å². The van der Waals surface area contributed by atoms with Crippen LogP contribution in [0.3, 0.4) is 0 Å². The van der Waals surface area contributed by atoms with E-state index >= 15 is 0 Å². The first-order valence-corrected chi connectivity index (χ1v) is 10.5. The van der Waals surface area contributed by atoms with Gasteiger partial charge >= 0.3 is 0 Å². The minimum absolute atomic E-state index is 0.0400. The number of rotatable bonds is 4. The molecule has 1 aliphatic heterocycles. The van der Waals surface area contributed by atoms with Gasteiger partial charge in [0.1, 0.15) is 5.69 Å². The Morgan fingerprint density at radius 1 is 1.26 bits per heavy atom. The standard InChI is InChI=1S/C18H16ClN3O4S/c19-12-3-5-14(6-4-12)22-16(17-2-1-8-26-17)10-15(21-22)18(23)20-13-7-9-27(24,25)11-13/h1-6,8,10,13H,7,9,11H2,(H,20,23)/t13-/m1/s1. The van der Waals surface area contributed by atoms with Crippen LogP contribution < -0.4 is 5.32 Å². The lowest BCUT2D eigenvalue weighted by Crippen LogP contribution is -2.35. The van der Waals surface area contributed by atoms with Crippen molar-refractivity contribution in [2.75, 3.05) is 11.5 Å². The van der Waals surface area contributed by atoms with Crippen LogP contribution in [0.25, 0.3) is 17.1 Å². The monoisotopic (exact) mass is 405 g/mol. The molecule has 140 valence electrons. The molecule has 3 aromatic rings. The van der Waals surface area contributed by atoms with E-state index in [1.165, 1.54) is 6.26 Å². The van der Waals surface area contributed by atoms with E-state index in [-0.39, 0.29) is 17.2 Å². The molecule has 1 aromatic carbocycles. The number of nitrogens with zero attached hydrogens (tertiary/aromatic N) is 2. The molecular formula is C18H16ClN3O4S. The smallest absolute Gasteiger partial charge is 0.272 e. The third-order valence-electron chi connectivity index (χ3n) is 4.35. The van der Waals surface area contributed by atoms with Gasteiger partial charge in [-0.05, 0) is 42.8 Å². The zero-order chi connectivity index (χ0) is 19.0. The molecule has 1 aliphatic rings. The molecule has 0 spiro atoms. The van der Waals surface area contributed by atoms with Gasteiger partial charge in [0.25, 0.3) is 5.91 Å². The maximum Gasteiger partial charge on any atom is 0.272 e. The number of hydrogen-bond donors (Lipinski definition) is 1. The summed E-state index contributed by atoms with van der Waals surface area (Å²) in [7, 11) is -3.08. The van der Waals surface area contributed by atoms with Crippen molar-refractivity contribution in [1.29, 1.82) is 0 Å². The number of halogens is 1. The molecule has 3 heterocycles. The minimum Gasteiger partial charge on any atom is -0.463 e. The molecule has 0 bridgehead atoms. The van der Waals surface area contributed by atoms with Crippen LogP contribution >= 0.6 is 11.6 Å². The molecule has 0 unspecified atom stereocenters. The van der Waals surface area contributed by atoms with Crippen LogP contribution in [0, 0.1) is 0 Å². The Kier molecular flexibility index (Phi) is 4.53. The largest absolute Gasteiger partial charge is 0.463 e. The highest BCUT2D eigenvalue weighted by atomic mass is 35.5. The second kappa shape index (κ2) is 6.86. The average Bonchev–Trinajstić information content (AvgIpc) is 3.34. The van der Waals surface area contributed by atoms with Gasteiger partial charge in [-0.3, -0.25) is 4.79 Å². The van der Waals surface area contributed by atoms with Crippen molar-refractivity contribution in [1.82, 2.24) is 15.1 Å². The lowest BCUT2D eigenvalue weighted by Gasteiger charge is -2.09. The molecule has 1 saturated heterocycles. The predicted molar refractivity (Wildman–Crippen MR) is 101 cm³/mol. The highest BCUT2D eigenvalue weighted by Gasteiger charge is 2.30. The summed E-state index contributed by atoms with van der Waals surface area (Å²) in [6.45, 7) is 0. The van der Waals surface area contributed by atoms with Crippen molar-refractivity contribution in [3.05, 3.63) is 59.4 Å². The summed E-state index contributed by atoms with van der Waals surface area (Å²) in [5, 5.41) is 7.74. The summed E-state index contributed by atoms with van der Waals surface area (Å²) in [6, 6.07) is 11.8. The van der Waals surface area contributed by atoms with Crippen molar-refractivity contribution in [2.24, 2.45) is 0 Å². The van der Waals surface area contributed by atoms with Gasteiger partial charge in [0.05, 0.1) is 23.5 Å². The lowest BCUT2D eigenvalue weighted by atomic mass is 10.2. The number of hydrogen-bond acceptors (Lipinski definition) is 5. The van der Waals surface area contributed by atoms with E-state index in [4.69, 9.17) is 16.0 Å². The van der Waals surface area contributed by atoms with Crippen molar-refractivity contribution in [3.8, 4) is 17.1 Å². The molecule has 7 nitrogen and oxygen atoms in total. The number of nitrogens with one attached hydrogen (secondary N) is 1. The first-order chi connectivity index (χ1) is 12.9. The van der Waals surface area contributed by atoms with E-state index in [2.05, 4.69) is 10.4 Å². The van der Waals surface area contributed by atoms with E-state index in [1.807, 2.05) is 0 Å². The maximum atomic E-state index is 12.6. The number of furan rings is 1. The molecule has 0 radical (unpaired) electrons. The van der Waals surface area contributed by atoms with Gasteiger partial charge in [-0.2, -0.15) is 5.10 Å². The Balaban J connectivity index is 1.67. The van der Waals surface area contributed by atoms with Crippen LogP contribution in [-0.4, -0.2) is 41.7 Å². The Hall–Kier alpha value is -2.58. The van der Waals surface area contributed by atoms with Gasteiger partial charge in [0.2, 0.25) is 0 Å². The number of carbonyl (C=O) groups excluding carboxylic acids is 1. The fourth-order valence-electron chi connectivity index (χ4n) is 3.04. The van der Waals surface area contributed by atoms with E-state index in [0.717, 1.165) is 0 Å². The fraction of sp³-hybridized carbons (Fsp3) is 0.222. The summed E-state index contributed by atoms with van der Waals surface area (Å²) in [4.78, 5) is 12.6. The molecule has 0 aliphatic carbocycles. The van der Waals surface area contributed by atoms with Crippen molar-refractivity contribution >= 4 is 27.3 Å². The number of carbonyl (C=O) groups is 1. The zero-order valence-electron chi connectivity index (χ0n) is 14.1. The first kappa shape index (κ1) is 17.8. The molecule has 1 fully saturated rings. The molecule has 1 N–H and O–H groups in total. The summed E-state index contributed by atoms with van der Waals surface area (Å²) in [6.07, 6.45) is 1.95. The molecule has 2 aromatic heterocycles. The van der Waals surface area contributed by atoms with Gasteiger partial charge in [0.15, 0.2) is 21.3 Å². The number of benzene rings is 1. The van der Waals surface area contributed by atoms with Crippen LogP contribution in [0.15, 0.2) is 53.1 Å². The highest BCUT2D eigenvalue weighted by Crippen LogP contribution is 2.25. The van der Waals surface area contributed by atoms with E-state index in [0.29, 0.717) is 28.6 Å². The summed E-state index contributed by atoms with van der Waals surface area (Å²) < 4.78 is 30.2. The SMILES string of the molecule is O=C(N[C@@H]1CCS(=O)(=O)C1)c1cc(-c2ccco2)n(-c2ccc(Cl)cc2)n1. The number of amides is 1. The molecular weight excluding hydrogens is 390 g/mol. The second-order valence-electron chi connectivity index (χ2n) is 6.35. The Bertz CT molecular complexity index is 1070. The van der Waals surface area contributed by atoms with Crippen molar-refractivity contribution in [3.63, 3.8) is 0 Å². The van der Waals surface area contributed by atoms with Crippen LogP contribution in [0.5, 0.6) is 0 Å². The predicted octanol–water partition coefficient (Wildman–Crippen LogP) is 2.70. The van der Waals surface area contributed by atoms with Crippen LogP contribution in [0.1, 0.15) is 16.9 Å². The normalized spacial score (nSPS) is 18.5. The van der Waals surface area contributed by atoms with Crippen LogP contribution in [0.2, 0.25) is 5.02 Å². The third kappa shape index (κ3) is 3.77. The summed E-state index contributed by atoms with van der Waals surface area (Å²) in [5.41, 5.74) is 1.50. The first-order valence-electron chi connectivity index (χ1n) is 8.32. The molecule has 27 heavy (non-hydrogen) atoms. The van der Waals surface area contributed by atoms with Gasteiger partial charge in [-0.25, -0.2) is 13.1 Å². The molecule has 1 amide bonds. The zero-order valence-corrected chi connectivity index (χ0v) is 15.7. The van der Waals surface area contributed by atoms with E-state index in [9.17, 15) is 13.2 Å². The molecule has 4 rings (SSSR count). The van der Waals surface area contributed by atoms with Crippen molar-refractivity contribution < 1.29 is 17.6 Å². The third-order valence-corrected chi connectivity index (χ3v) is 6.37. The lowest BCUT2D eigenvalue weighted by molar-refractivity contribution is 0.0935. The Morgan fingerprint density at radius 2 is 2.04 bits per heavy atom. The maximum absolute atomic E-state index is 12.6. The fourth-order valence-corrected chi connectivity index (χ4v) is 4.84. The van der Waals surface area contributed by atoms with Gasteiger partial charge in [0, 0.05) is 17.1 Å². The number of sulfone groups is 1. The Labute approximate surface area is 160 Å². The van der Waals surface area contributed by atoms with Gasteiger partial charge < -0.3 is 9.73 Å². The van der Waals surface area contributed by atoms with Crippen LogP contribution in [-0.2, 0) is 9.84 Å². The van der Waals surface area contributed by atoms with Gasteiger partial charge in [-0.1, -0.05) is 11.6 Å². The molecule has 9 heteroatoms. The van der Waals surface area contributed by atoms with E-state index < -0.39 is 21.8 Å². The summed E-state index contributed by atoms with van der Waals surface area (Å²) >= 11 is 5.95. The van der Waals surface area contributed by atoms with Crippen LogP contribution in [0.4, 0.5) is 0 Å².